The summed E-state index contributed by atoms with van der Waals surface area (Å²) >= 11 is 6.23. The van der Waals surface area contributed by atoms with Crippen molar-refractivity contribution in [3.05, 3.63) is 33.9 Å². The normalized spacial score (nSPS) is 18.0. The zero-order valence-electron chi connectivity index (χ0n) is 14.6. The van der Waals surface area contributed by atoms with Gasteiger partial charge in [0.1, 0.15) is 0 Å². The van der Waals surface area contributed by atoms with E-state index in [1.54, 1.807) is 0 Å². The second kappa shape index (κ2) is 7.47. The van der Waals surface area contributed by atoms with Crippen molar-refractivity contribution < 1.29 is 4.79 Å². The molecule has 0 spiro atoms. The lowest BCUT2D eigenvalue weighted by molar-refractivity contribution is 0.159. The number of hydrogen-bond donors (Lipinski definition) is 1. The maximum atomic E-state index is 12.5. The molecular weight excluding hydrogens is 322 g/mol. The van der Waals surface area contributed by atoms with E-state index in [0.717, 1.165) is 62.6 Å². The first kappa shape index (κ1) is 17.2. The lowest BCUT2D eigenvalue weighted by Gasteiger charge is -2.32. The number of amides is 2. The van der Waals surface area contributed by atoms with E-state index >= 15 is 0 Å². The molecule has 0 aliphatic carbocycles. The average Bonchev–Trinajstić information content (AvgIpc) is 3.12. The van der Waals surface area contributed by atoms with Gasteiger partial charge in [-0.15, -0.1) is 0 Å². The fourth-order valence-electron chi connectivity index (χ4n) is 3.57. The number of piperidine rings is 1. The minimum absolute atomic E-state index is 0.225. The maximum Gasteiger partial charge on any atom is 0.320 e. The molecule has 2 aliphatic rings. The summed E-state index contributed by atoms with van der Waals surface area (Å²) in [6.45, 7) is 5.60. The summed E-state index contributed by atoms with van der Waals surface area (Å²) in [5.41, 5.74) is 4.84. The van der Waals surface area contributed by atoms with E-state index in [-0.39, 0.29) is 6.03 Å². The maximum absolute atomic E-state index is 12.5. The number of anilines is 1. The van der Waals surface area contributed by atoms with Gasteiger partial charge in [-0.3, -0.25) is 0 Å². The van der Waals surface area contributed by atoms with E-state index in [2.05, 4.69) is 18.3 Å². The molecule has 0 unspecified atom stereocenters. The molecular formula is C19H26ClN3O. The van der Waals surface area contributed by atoms with Crippen LogP contribution in [-0.4, -0.2) is 49.1 Å². The Morgan fingerprint density at radius 2 is 1.75 bits per heavy atom. The largest absolute Gasteiger partial charge is 0.388 e. The smallest absolute Gasteiger partial charge is 0.320 e. The molecule has 2 amide bonds. The standard InChI is InChI=1S/C19H26ClN3O/c1-14-16(12-17(20)13-18(14)21-2)11-15-5-9-23(10-6-15)19(24)22-7-3-4-8-22/h11-13,21H,3-10H2,1-2H3. The Hall–Kier alpha value is -1.68. The summed E-state index contributed by atoms with van der Waals surface area (Å²) in [7, 11) is 1.91. The number of rotatable bonds is 2. The van der Waals surface area contributed by atoms with Crippen LogP contribution in [0.15, 0.2) is 17.7 Å². The summed E-state index contributed by atoms with van der Waals surface area (Å²) in [6, 6.07) is 4.20. The van der Waals surface area contributed by atoms with Gasteiger partial charge in [0, 0.05) is 43.9 Å². The number of hydrogen-bond acceptors (Lipinski definition) is 2. The van der Waals surface area contributed by atoms with Crippen LogP contribution in [0.3, 0.4) is 0 Å². The minimum Gasteiger partial charge on any atom is -0.388 e. The first-order chi connectivity index (χ1) is 11.6. The van der Waals surface area contributed by atoms with Gasteiger partial charge in [-0.2, -0.15) is 0 Å². The Morgan fingerprint density at radius 3 is 2.38 bits per heavy atom. The number of carbonyl (C=O) groups excluding carboxylic acids is 1. The molecule has 0 radical (unpaired) electrons. The predicted molar refractivity (Wildman–Crippen MR) is 101 cm³/mol. The lowest BCUT2D eigenvalue weighted by Crippen LogP contribution is -2.44. The topological polar surface area (TPSA) is 35.6 Å². The molecule has 2 saturated heterocycles. The van der Waals surface area contributed by atoms with Crippen molar-refractivity contribution in [2.24, 2.45) is 0 Å². The molecule has 1 N–H and O–H groups in total. The van der Waals surface area contributed by atoms with Crippen LogP contribution in [0.2, 0.25) is 5.02 Å². The molecule has 2 heterocycles. The zero-order valence-corrected chi connectivity index (χ0v) is 15.3. The molecule has 130 valence electrons. The first-order valence-electron chi connectivity index (χ1n) is 8.79. The number of nitrogens with one attached hydrogen (secondary N) is 1. The summed E-state index contributed by atoms with van der Waals surface area (Å²) in [6.07, 6.45) is 6.43. The van der Waals surface area contributed by atoms with Crippen LogP contribution < -0.4 is 5.32 Å². The Morgan fingerprint density at radius 1 is 1.12 bits per heavy atom. The van der Waals surface area contributed by atoms with Crippen molar-refractivity contribution in [2.45, 2.75) is 32.6 Å². The second-order valence-corrected chi connectivity index (χ2v) is 7.12. The fraction of sp³-hybridized carbons (Fsp3) is 0.526. The van der Waals surface area contributed by atoms with Crippen LogP contribution >= 0.6 is 11.6 Å². The molecule has 3 rings (SSSR count). The zero-order chi connectivity index (χ0) is 17.1. The van der Waals surface area contributed by atoms with E-state index < -0.39 is 0 Å². The molecule has 1 aromatic carbocycles. The third-order valence-corrected chi connectivity index (χ3v) is 5.31. The van der Waals surface area contributed by atoms with E-state index in [9.17, 15) is 4.79 Å². The van der Waals surface area contributed by atoms with Crippen molar-refractivity contribution in [2.75, 3.05) is 38.5 Å². The monoisotopic (exact) mass is 347 g/mol. The van der Waals surface area contributed by atoms with Crippen molar-refractivity contribution in [3.8, 4) is 0 Å². The number of urea groups is 1. The van der Waals surface area contributed by atoms with Crippen molar-refractivity contribution >= 4 is 29.4 Å². The number of halogens is 1. The fourth-order valence-corrected chi connectivity index (χ4v) is 3.79. The SMILES string of the molecule is CNc1cc(Cl)cc(C=C2CCN(C(=O)N3CCCC3)CC2)c1C. The van der Waals surface area contributed by atoms with Crippen molar-refractivity contribution in [1.29, 1.82) is 0 Å². The van der Waals surface area contributed by atoms with Gasteiger partial charge in [0.25, 0.3) is 0 Å². The van der Waals surface area contributed by atoms with Gasteiger partial charge >= 0.3 is 6.03 Å². The second-order valence-electron chi connectivity index (χ2n) is 6.68. The first-order valence-corrected chi connectivity index (χ1v) is 9.17. The van der Waals surface area contributed by atoms with E-state index in [1.165, 1.54) is 16.7 Å². The molecule has 2 aliphatic heterocycles. The van der Waals surface area contributed by atoms with Gasteiger partial charge < -0.3 is 15.1 Å². The average molecular weight is 348 g/mol. The van der Waals surface area contributed by atoms with Crippen LogP contribution in [0.5, 0.6) is 0 Å². The van der Waals surface area contributed by atoms with Gasteiger partial charge in [0.15, 0.2) is 0 Å². The number of carbonyl (C=O) groups is 1. The number of benzene rings is 1. The Kier molecular flexibility index (Phi) is 5.34. The summed E-state index contributed by atoms with van der Waals surface area (Å²) < 4.78 is 0. The quantitative estimate of drug-likeness (QED) is 0.861. The van der Waals surface area contributed by atoms with Gasteiger partial charge in [-0.1, -0.05) is 23.3 Å². The molecule has 4 nitrogen and oxygen atoms in total. The highest BCUT2D eigenvalue weighted by Crippen LogP contribution is 2.28. The van der Waals surface area contributed by atoms with Gasteiger partial charge in [-0.05, 0) is 55.9 Å². The van der Waals surface area contributed by atoms with Crippen LogP contribution in [0.4, 0.5) is 10.5 Å². The molecule has 5 heteroatoms. The highest BCUT2D eigenvalue weighted by atomic mass is 35.5. The Balaban J connectivity index is 1.67. The highest BCUT2D eigenvalue weighted by molar-refractivity contribution is 6.31. The van der Waals surface area contributed by atoms with Crippen molar-refractivity contribution in [3.63, 3.8) is 0 Å². The molecule has 2 fully saturated rings. The molecule has 0 atom stereocenters. The van der Waals surface area contributed by atoms with Crippen LogP contribution in [0.1, 0.15) is 36.8 Å². The van der Waals surface area contributed by atoms with E-state index in [1.807, 2.05) is 29.0 Å². The third-order valence-electron chi connectivity index (χ3n) is 5.09. The van der Waals surface area contributed by atoms with Gasteiger partial charge in [-0.25, -0.2) is 4.79 Å². The van der Waals surface area contributed by atoms with Crippen LogP contribution in [-0.2, 0) is 0 Å². The van der Waals surface area contributed by atoms with Gasteiger partial charge in [0.05, 0.1) is 0 Å². The predicted octanol–water partition coefficient (Wildman–Crippen LogP) is 4.39. The number of likely N-dealkylation sites (tertiary alicyclic amines) is 2. The Bertz CT molecular complexity index is 640. The number of nitrogens with zero attached hydrogens (tertiary/aromatic N) is 2. The van der Waals surface area contributed by atoms with Gasteiger partial charge in [0.2, 0.25) is 0 Å². The van der Waals surface area contributed by atoms with Crippen LogP contribution in [0, 0.1) is 6.92 Å². The lowest BCUT2D eigenvalue weighted by atomic mass is 9.98. The molecule has 0 aromatic heterocycles. The molecule has 24 heavy (non-hydrogen) atoms. The molecule has 1 aromatic rings. The van der Waals surface area contributed by atoms with Crippen LogP contribution in [0.25, 0.3) is 6.08 Å². The third kappa shape index (κ3) is 3.69. The summed E-state index contributed by atoms with van der Waals surface area (Å²) in [5.74, 6) is 0. The minimum atomic E-state index is 0.225. The summed E-state index contributed by atoms with van der Waals surface area (Å²) in [5, 5.41) is 3.94. The highest BCUT2D eigenvalue weighted by Gasteiger charge is 2.25. The Labute approximate surface area is 149 Å². The van der Waals surface area contributed by atoms with Crippen molar-refractivity contribution in [1.82, 2.24) is 9.80 Å². The summed E-state index contributed by atoms with van der Waals surface area (Å²) in [4.78, 5) is 16.5. The molecule has 0 bridgehead atoms. The van der Waals surface area contributed by atoms with E-state index in [4.69, 9.17) is 11.6 Å². The molecule has 0 saturated carbocycles. The van der Waals surface area contributed by atoms with E-state index in [0.29, 0.717) is 0 Å².